The van der Waals surface area contributed by atoms with Crippen molar-refractivity contribution in [1.82, 2.24) is 0 Å². The van der Waals surface area contributed by atoms with Gasteiger partial charge in [-0.3, -0.25) is 4.79 Å². The van der Waals surface area contributed by atoms with E-state index in [2.05, 4.69) is 0 Å². The van der Waals surface area contributed by atoms with Crippen LogP contribution in [-0.4, -0.2) is 129 Å². The molecule has 10 atom stereocenters. The van der Waals surface area contributed by atoms with Gasteiger partial charge in [0.05, 0.1) is 26.6 Å². The Bertz CT molecular complexity index is 1120. The lowest BCUT2D eigenvalue weighted by molar-refractivity contribution is -0.358. The van der Waals surface area contributed by atoms with Gasteiger partial charge in [-0.2, -0.15) is 0 Å². The Hall–Kier alpha value is -2.57. The SMILES string of the molecule is COc1c(O[C@@H]2O[C@H](CO)[C@@H](O)[C@H](O)[C@H]2O[C@@H]2O[C@H](CO)[C@@H](O)[C@H](O)[C@H]2O)c(CCC(=O)O)cc2ccoc12. The maximum absolute atomic E-state index is 11.3. The minimum absolute atomic E-state index is 0.0122. The summed E-state index contributed by atoms with van der Waals surface area (Å²) in [5.74, 6) is -1.05. The van der Waals surface area contributed by atoms with Gasteiger partial charge in [0.15, 0.2) is 23.7 Å². The number of methoxy groups -OCH3 is 1. The van der Waals surface area contributed by atoms with Gasteiger partial charge in [-0.1, -0.05) is 0 Å². The van der Waals surface area contributed by atoms with Crippen LogP contribution in [0.15, 0.2) is 22.8 Å². The first-order valence-corrected chi connectivity index (χ1v) is 12.1. The van der Waals surface area contributed by atoms with E-state index in [0.717, 1.165) is 0 Å². The molecule has 2 aliphatic heterocycles. The molecular formula is C24H32O15. The summed E-state index contributed by atoms with van der Waals surface area (Å²) in [5, 5.41) is 81.0. The number of carboxylic acids is 1. The van der Waals surface area contributed by atoms with Crippen molar-refractivity contribution in [3.05, 3.63) is 24.0 Å². The zero-order chi connectivity index (χ0) is 28.4. The van der Waals surface area contributed by atoms with Crippen molar-refractivity contribution in [3.63, 3.8) is 0 Å². The minimum atomic E-state index is -1.84. The molecule has 4 rings (SSSR count). The Kier molecular flexibility index (Phi) is 9.28. The van der Waals surface area contributed by atoms with Gasteiger partial charge in [0.2, 0.25) is 12.0 Å². The normalized spacial score (nSPS) is 35.2. The number of rotatable bonds is 10. The topological polar surface area (TPSA) is 238 Å². The molecule has 0 bridgehead atoms. The Morgan fingerprint density at radius 1 is 0.897 bits per heavy atom. The highest BCUT2D eigenvalue weighted by Crippen LogP contribution is 2.42. The number of ether oxygens (including phenoxy) is 5. The van der Waals surface area contributed by atoms with Crippen LogP contribution in [0.1, 0.15) is 12.0 Å². The summed E-state index contributed by atoms with van der Waals surface area (Å²) in [5.41, 5.74) is 0.618. The molecule has 2 saturated heterocycles. The zero-order valence-electron chi connectivity index (χ0n) is 20.8. The van der Waals surface area contributed by atoms with Gasteiger partial charge in [-0.25, -0.2) is 0 Å². The number of fused-ring (bicyclic) bond motifs is 1. The van der Waals surface area contributed by atoms with Gasteiger partial charge in [-0.05, 0) is 24.1 Å². The second-order valence-electron chi connectivity index (χ2n) is 9.25. The summed E-state index contributed by atoms with van der Waals surface area (Å²) < 4.78 is 33.8. The Morgan fingerprint density at radius 3 is 2.15 bits per heavy atom. The van der Waals surface area contributed by atoms with E-state index in [-0.39, 0.29) is 29.9 Å². The molecule has 0 saturated carbocycles. The van der Waals surface area contributed by atoms with Gasteiger partial charge in [-0.15, -0.1) is 0 Å². The van der Waals surface area contributed by atoms with Crippen molar-refractivity contribution < 1.29 is 73.7 Å². The Balaban J connectivity index is 1.71. The van der Waals surface area contributed by atoms with Crippen LogP contribution in [-0.2, 0) is 25.4 Å². The molecule has 2 fully saturated rings. The third-order valence-electron chi connectivity index (χ3n) is 6.74. The smallest absolute Gasteiger partial charge is 0.303 e. The molecule has 0 radical (unpaired) electrons. The summed E-state index contributed by atoms with van der Waals surface area (Å²) in [6.07, 6.45) is -15.4. The summed E-state index contributed by atoms with van der Waals surface area (Å²) in [6.45, 7) is -1.47. The third kappa shape index (κ3) is 5.83. The third-order valence-corrected chi connectivity index (χ3v) is 6.74. The van der Waals surface area contributed by atoms with E-state index in [4.69, 9.17) is 28.1 Å². The Morgan fingerprint density at radius 2 is 1.54 bits per heavy atom. The zero-order valence-corrected chi connectivity index (χ0v) is 20.8. The molecule has 0 amide bonds. The van der Waals surface area contributed by atoms with E-state index in [9.17, 15) is 45.6 Å². The monoisotopic (exact) mass is 560 g/mol. The number of benzene rings is 1. The molecule has 15 heteroatoms. The first-order chi connectivity index (χ1) is 18.6. The van der Waals surface area contributed by atoms with Gasteiger partial charge >= 0.3 is 5.97 Å². The molecule has 1 aromatic heterocycles. The number of carboxylic acid groups (broad SMARTS) is 1. The summed E-state index contributed by atoms with van der Waals surface area (Å²) in [6, 6.07) is 3.25. The van der Waals surface area contributed by atoms with Crippen LogP contribution in [0.3, 0.4) is 0 Å². The lowest BCUT2D eigenvalue weighted by Crippen LogP contribution is -2.65. The van der Waals surface area contributed by atoms with E-state index in [0.29, 0.717) is 10.9 Å². The number of carbonyl (C=O) groups is 1. The molecule has 2 aliphatic rings. The van der Waals surface area contributed by atoms with Crippen LogP contribution in [0.25, 0.3) is 11.0 Å². The fourth-order valence-corrected chi connectivity index (χ4v) is 4.61. The molecule has 218 valence electrons. The molecule has 0 spiro atoms. The van der Waals surface area contributed by atoms with Crippen LogP contribution < -0.4 is 9.47 Å². The van der Waals surface area contributed by atoms with Crippen LogP contribution >= 0.6 is 0 Å². The molecule has 0 unspecified atom stereocenters. The average Bonchev–Trinajstić information content (AvgIpc) is 3.39. The first kappa shape index (κ1) is 29.4. The van der Waals surface area contributed by atoms with Crippen molar-refractivity contribution in [1.29, 1.82) is 0 Å². The molecule has 39 heavy (non-hydrogen) atoms. The summed E-state index contributed by atoms with van der Waals surface area (Å²) in [7, 11) is 1.32. The lowest BCUT2D eigenvalue weighted by Gasteiger charge is -2.45. The van der Waals surface area contributed by atoms with E-state index < -0.39 is 80.6 Å². The predicted octanol–water partition coefficient (Wildman–Crippen LogP) is -2.54. The van der Waals surface area contributed by atoms with Crippen molar-refractivity contribution in [3.8, 4) is 11.5 Å². The highest BCUT2D eigenvalue weighted by atomic mass is 16.8. The number of aryl methyl sites for hydroxylation is 1. The number of furan rings is 1. The van der Waals surface area contributed by atoms with Gasteiger partial charge in [0.1, 0.15) is 42.7 Å². The highest BCUT2D eigenvalue weighted by Gasteiger charge is 2.51. The van der Waals surface area contributed by atoms with E-state index in [1.165, 1.54) is 13.4 Å². The van der Waals surface area contributed by atoms with Crippen molar-refractivity contribution in [2.24, 2.45) is 0 Å². The fraction of sp³-hybridized carbons (Fsp3) is 0.625. The van der Waals surface area contributed by atoms with Crippen molar-refractivity contribution in [2.45, 2.75) is 74.3 Å². The van der Waals surface area contributed by atoms with E-state index in [1.54, 1.807) is 12.1 Å². The second kappa shape index (κ2) is 12.3. The molecule has 3 heterocycles. The van der Waals surface area contributed by atoms with Gasteiger partial charge in [0.25, 0.3) is 0 Å². The maximum atomic E-state index is 11.3. The number of hydrogen-bond acceptors (Lipinski definition) is 14. The largest absolute Gasteiger partial charge is 0.490 e. The van der Waals surface area contributed by atoms with Crippen LogP contribution in [0.4, 0.5) is 0 Å². The van der Waals surface area contributed by atoms with Crippen molar-refractivity contribution in [2.75, 3.05) is 20.3 Å². The summed E-state index contributed by atoms with van der Waals surface area (Å²) in [4.78, 5) is 11.3. The second-order valence-corrected chi connectivity index (χ2v) is 9.25. The van der Waals surface area contributed by atoms with Gasteiger partial charge in [0, 0.05) is 11.8 Å². The average molecular weight is 561 g/mol. The molecule has 8 N–H and O–H groups in total. The number of aliphatic hydroxyl groups is 7. The number of aliphatic hydroxyl groups excluding tert-OH is 7. The molecule has 2 aromatic rings. The summed E-state index contributed by atoms with van der Waals surface area (Å²) >= 11 is 0. The maximum Gasteiger partial charge on any atom is 0.303 e. The quantitative estimate of drug-likeness (QED) is 0.149. The molecule has 1 aromatic carbocycles. The molecular weight excluding hydrogens is 528 g/mol. The van der Waals surface area contributed by atoms with E-state index in [1.807, 2.05) is 0 Å². The molecule has 0 aliphatic carbocycles. The lowest BCUT2D eigenvalue weighted by atomic mass is 9.97. The Labute approximate surface area is 221 Å². The van der Waals surface area contributed by atoms with Gasteiger partial charge < -0.3 is 69.0 Å². The standard InChI is InChI=1S/C24H32O15/c1-34-22-19-10(4-5-35-19)6-9(2-3-13(27)28)20(22)38-24-21(17(32)15(30)12(8-26)37-24)39-23-18(33)16(31)14(29)11(7-25)36-23/h4-6,11-12,14-18,21,23-26,29-33H,2-3,7-8H2,1H3,(H,27,28)/t11-,12-,14-,15-,16+,17+,18-,21-,23+,24+/m1/s1. The van der Waals surface area contributed by atoms with Crippen molar-refractivity contribution >= 4 is 16.9 Å². The molecule has 15 nitrogen and oxygen atoms in total. The first-order valence-electron chi connectivity index (χ1n) is 12.1. The number of hydrogen-bond donors (Lipinski definition) is 8. The number of aliphatic carboxylic acids is 1. The van der Waals surface area contributed by atoms with Crippen LogP contribution in [0.2, 0.25) is 0 Å². The fourth-order valence-electron chi connectivity index (χ4n) is 4.61. The van der Waals surface area contributed by atoms with Crippen LogP contribution in [0.5, 0.6) is 11.5 Å². The predicted molar refractivity (Wildman–Crippen MR) is 126 cm³/mol. The minimum Gasteiger partial charge on any atom is -0.490 e. The van der Waals surface area contributed by atoms with Crippen LogP contribution in [0, 0.1) is 0 Å². The highest BCUT2D eigenvalue weighted by molar-refractivity contribution is 5.87. The van der Waals surface area contributed by atoms with E-state index >= 15 is 0 Å².